The molecule has 144 valence electrons. The molecule has 0 saturated heterocycles. The number of carboxylic acids is 1. The second-order valence-corrected chi connectivity index (χ2v) is 7.08. The smallest absolute Gasteiger partial charge is 0.354 e. The SMILES string of the molecule is O=C(O)c1c2c(nn1CCCNCCc1ccccc1)-c1ccncc1CC2. The highest BCUT2D eigenvalue weighted by Gasteiger charge is 2.27. The maximum atomic E-state index is 11.9. The van der Waals surface area contributed by atoms with Crippen LogP contribution in [0.25, 0.3) is 11.3 Å². The zero-order valence-corrected chi connectivity index (χ0v) is 15.8. The second-order valence-electron chi connectivity index (χ2n) is 7.08. The van der Waals surface area contributed by atoms with E-state index >= 15 is 0 Å². The first-order chi connectivity index (χ1) is 13.7. The first kappa shape index (κ1) is 18.4. The summed E-state index contributed by atoms with van der Waals surface area (Å²) in [5.41, 5.74) is 5.46. The summed E-state index contributed by atoms with van der Waals surface area (Å²) in [6.45, 7) is 2.33. The highest BCUT2D eigenvalue weighted by Crippen LogP contribution is 2.34. The van der Waals surface area contributed by atoms with E-state index in [9.17, 15) is 9.90 Å². The average molecular weight is 376 g/mol. The van der Waals surface area contributed by atoms with Gasteiger partial charge in [0.2, 0.25) is 0 Å². The zero-order chi connectivity index (χ0) is 19.3. The van der Waals surface area contributed by atoms with E-state index in [-0.39, 0.29) is 0 Å². The van der Waals surface area contributed by atoms with Crippen molar-refractivity contribution in [2.75, 3.05) is 13.1 Å². The largest absolute Gasteiger partial charge is 0.477 e. The van der Waals surface area contributed by atoms with E-state index in [4.69, 9.17) is 0 Å². The Balaban J connectivity index is 1.39. The minimum Gasteiger partial charge on any atom is -0.477 e. The fourth-order valence-corrected chi connectivity index (χ4v) is 3.83. The molecule has 2 N–H and O–H groups in total. The summed E-state index contributed by atoms with van der Waals surface area (Å²) in [7, 11) is 0. The highest BCUT2D eigenvalue weighted by atomic mass is 16.4. The Bertz CT molecular complexity index is 966. The summed E-state index contributed by atoms with van der Waals surface area (Å²) in [6, 6.07) is 12.3. The van der Waals surface area contributed by atoms with Gasteiger partial charge in [-0.2, -0.15) is 5.10 Å². The van der Waals surface area contributed by atoms with E-state index in [0.717, 1.165) is 54.7 Å². The number of hydrogen-bond donors (Lipinski definition) is 2. The van der Waals surface area contributed by atoms with E-state index < -0.39 is 5.97 Å². The lowest BCUT2D eigenvalue weighted by Gasteiger charge is -2.14. The van der Waals surface area contributed by atoms with Crippen LogP contribution in [0.15, 0.2) is 48.8 Å². The molecule has 0 radical (unpaired) electrons. The molecule has 1 aliphatic carbocycles. The summed E-state index contributed by atoms with van der Waals surface area (Å²) in [4.78, 5) is 16.0. The number of benzene rings is 1. The predicted octanol–water partition coefficient (Wildman–Crippen LogP) is 2.96. The molecule has 4 rings (SSSR count). The fraction of sp³-hybridized carbons (Fsp3) is 0.318. The lowest BCUT2D eigenvalue weighted by Crippen LogP contribution is -2.21. The quantitative estimate of drug-likeness (QED) is 0.591. The van der Waals surface area contributed by atoms with Crippen molar-refractivity contribution in [2.24, 2.45) is 0 Å². The molecular weight excluding hydrogens is 352 g/mol. The predicted molar refractivity (Wildman–Crippen MR) is 107 cm³/mol. The summed E-state index contributed by atoms with van der Waals surface area (Å²) < 4.78 is 1.67. The first-order valence-corrected chi connectivity index (χ1v) is 9.75. The van der Waals surface area contributed by atoms with Crippen LogP contribution in [0.2, 0.25) is 0 Å². The molecule has 0 spiro atoms. The second kappa shape index (κ2) is 8.35. The van der Waals surface area contributed by atoms with Crippen LogP contribution in [-0.4, -0.2) is 38.9 Å². The Morgan fingerprint density at radius 3 is 2.82 bits per heavy atom. The van der Waals surface area contributed by atoms with Crippen LogP contribution in [0.5, 0.6) is 0 Å². The number of carbonyl (C=O) groups is 1. The van der Waals surface area contributed by atoms with Crippen LogP contribution >= 0.6 is 0 Å². The normalized spacial score (nSPS) is 12.4. The van der Waals surface area contributed by atoms with Crippen LogP contribution in [0.1, 0.15) is 33.6 Å². The molecule has 0 bridgehead atoms. The number of nitrogens with one attached hydrogen (secondary N) is 1. The van der Waals surface area contributed by atoms with Crippen LogP contribution < -0.4 is 5.32 Å². The van der Waals surface area contributed by atoms with Gasteiger partial charge in [0.25, 0.3) is 0 Å². The molecule has 2 heterocycles. The molecule has 0 amide bonds. The molecule has 2 aromatic heterocycles. The van der Waals surface area contributed by atoms with Crippen LogP contribution in [0.4, 0.5) is 0 Å². The molecule has 6 heteroatoms. The Labute approximate surface area is 164 Å². The van der Waals surface area contributed by atoms with E-state index in [2.05, 4.69) is 39.7 Å². The average Bonchev–Trinajstić information content (AvgIpc) is 3.10. The topological polar surface area (TPSA) is 80.0 Å². The van der Waals surface area contributed by atoms with Gasteiger partial charge in [-0.1, -0.05) is 30.3 Å². The van der Waals surface area contributed by atoms with Crippen molar-refractivity contribution >= 4 is 5.97 Å². The number of fused-ring (bicyclic) bond motifs is 3. The van der Waals surface area contributed by atoms with Gasteiger partial charge in [0.05, 0.1) is 5.69 Å². The molecule has 0 atom stereocenters. The Hall–Kier alpha value is -2.99. The van der Waals surface area contributed by atoms with Gasteiger partial charge >= 0.3 is 5.97 Å². The molecule has 0 aliphatic heterocycles. The Morgan fingerprint density at radius 1 is 1.14 bits per heavy atom. The van der Waals surface area contributed by atoms with E-state index in [1.165, 1.54) is 5.56 Å². The number of hydrogen-bond acceptors (Lipinski definition) is 4. The molecule has 0 saturated carbocycles. The summed E-state index contributed by atoms with van der Waals surface area (Å²) in [6.07, 6.45) is 6.92. The standard InChI is InChI=1S/C22H24N4O2/c27-22(28)21-19-8-7-17-15-24-13-10-18(17)20(19)25-26(21)14-4-11-23-12-9-16-5-2-1-3-6-16/h1-3,5-6,10,13,15,23H,4,7-9,11-12,14H2,(H,27,28). The van der Waals surface area contributed by atoms with Gasteiger partial charge in [0, 0.05) is 30.1 Å². The maximum Gasteiger partial charge on any atom is 0.354 e. The third-order valence-corrected chi connectivity index (χ3v) is 5.21. The third-order valence-electron chi connectivity index (χ3n) is 5.21. The fourth-order valence-electron chi connectivity index (χ4n) is 3.83. The first-order valence-electron chi connectivity index (χ1n) is 9.75. The van der Waals surface area contributed by atoms with E-state index in [1.54, 1.807) is 10.9 Å². The molecule has 0 unspecified atom stereocenters. The number of carboxylic acid groups (broad SMARTS) is 1. The summed E-state index contributed by atoms with van der Waals surface area (Å²) in [5, 5.41) is 17.8. The van der Waals surface area contributed by atoms with Crippen molar-refractivity contribution in [1.82, 2.24) is 20.1 Å². The number of rotatable bonds is 8. The number of aromatic nitrogens is 3. The van der Waals surface area contributed by atoms with Crippen LogP contribution in [0, 0.1) is 0 Å². The lowest BCUT2D eigenvalue weighted by molar-refractivity contribution is 0.0681. The number of nitrogens with zero attached hydrogens (tertiary/aromatic N) is 3. The molecule has 28 heavy (non-hydrogen) atoms. The molecule has 1 aromatic carbocycles. The number of pyridine rings is 1. The molecular formula is C22H24N4O2. The van der Waals surface area contributed by atoms with Crippen molar-refractivity contribution in [2.45, 2.75) is 32.2 Å². The number of aryl methyl sites for hydroxylation is 2. The lowest BCUT2D eigenvalue weighted by atomic mass is 9.90. The van der Waals surface area contributed by atoms with Gasteiger partial charge in [-0.15, -0.1) is 0 Å². The van der Waals surface area contributed by atoms with Crippen molar-refractivity contribution in [3.8, 4) is 11.3 Å². The minimum absolute atomic E-state index is 0.335. The zero-order valence-electron chi connectivity index (χ0n) is 15.8. The van der Waals surface area contributed by atoms with Gasteiger partial charge in [-0.25, -0.2) is 4.79 Å². The van der Waals surface area contributed by atoms with Gasteiger partial charge < -0.3 is 10.4 Å². The third kappa shape index (κ3) is 3.82. The molecule has 1 aliphatic rings. The number of aromatic carboxylic acids is 1. The van der Waals surface area contributed by atoms with Crippen molar-refractivity contribution in [1.29, 1.82) is 0 Å². The van der Waals surface area contributed by atoms with Gasteiger partial charge in [-0.05, 0) is 56.0 Å². The molecule has 3 aromatic rings. The Kier molecular flexibility index (Phi) is 5.48. The summed E-state index contributed by atoms with van der Waals surface area (Å²) in [5.74, 6) is -0.900. The monoisotopic (exact) mass is 376 g/mol. The van der Waals surface area contributed by atoms with Gasteiger partial charge in [-0.3, -0.25) is 9.67 Å². The van der Waals surface area contributed by atoms with Crippen molar-refractivity contribution < 1.29 is 9.90 Å². The maximum absolute atomic E-state index is 11.9. The Morgan fingerprint density at radius 2 is 2.00 bits per heavy atom. The van der Waals surface area contributed by atoms with Crippen molar-refractivity contribution in [3.05, 3.63) is 71.2 Å². The molecule has 0 fully saturated rings. The summed E-state index contributed by atoms with van der Waals surface area (Å²) >= 11 is 0. The van der Waals surface area contributed by atoms with Crippen LogP contribution in [0.3, 0.4) is 0 Å². The highest BCUT2D eigenvalue weighted by molar-refractivity contribution is 5.90. The minimum atomic E-state index is -0.900. The molecule has 6 nitrogen and oxygen atoms in total. The van der Waals surface area contributed by atoms with Crippen molar-refractivity contribution in [3.63, 3.8) is 0 Å². The van der Waals surface area contributed by atoms with Crippen LogP contribution in [-0.2, 0) is 25.8 Å². The van der Waals surface area contributed by atoms with E-state index in [1.807, 2.05) is 18.3 Å². The van der Waals surface area contributed by atoms with Gasteiger partial charge in [0.15, 0.2) is 0 Å². The van der Waals surface area contributed by atoms with Gasteiger partial charge in [0.1, 0.15) is 5.69 Å². The van der Waals surface area contributed by atoms with E-state index in [0.29, 0.717) is 18.7 Å².